The van der Waals surface area contributed by atoms with E-state index in [-0.39, 0.29) is 5.91 Å². The molecule has 154 valence electrons. The van der Waals surface area contributed by atoms with Crippen LogP contribution in [0.4, 0.5) is 5.69 Å². The van der Waals surface area contributed by atoms with E-state index in [1.54, 1.807) is 25.1 Å². The number of allylic oxidation sites excluding steroid dienone is 1. The van der Waals surface area contributed by atoms with E-state index in [4.69, 9.17) is 9.47 Å². The molecule has 1 aromatic carbocycles. The molecule has 1 heterocycles. The molecule has 0 saturated carbocycles. The van der Waals surface area contributed by atoms with Crippen molar-refractivity contribution in [2.24, 2.45) is 0 Å². The van der Waals surface area contributed by atoms with Crippen LogP contribution < -0.4 is 19.1 Å². The molecule has 2 aliphatic rings. The molecule has 3 rings (SSSR count). The standard InChI is InChI=1S/C20H28N2O5S/c1-15(20(23)21-11-10-16-6-4-3-5-7-16)22(28(2,24)25)17-8-9-18-19(14-17)27-13-12-26-18/h6,8-9,14-15H,3-5,7,10-13H2,1-2H3,(H,21,23)/t15-/m0/s1. The fraction of sp³-hybridized carbons (Fsp3) is 0.550. The van der Waals surface area contributed by atoms with Gasteiger partial charge in [-0.2, -0.15) is 0 Å². The Labute approximate surface area is 166 Å². The number of sulfonamides is 1. The lowest BCUT2D eigenvalue weighted by atomic mass is 9.97. The molecule has 1 amide bonds. The number of anilines is 1. The first kappa shape index (κ1) is 20.5. The second-order valence-electron chi connectivity index (χ2n) is 7.21. The summed E-state index contributed by atoms with van der Waals surface area (Å²) in [4.78, 5) is 12.6. The highest BCUT2D eigenvalue weighted by Gasteiger charge is 2.30. The van der Waals surface area contributed by atoms with Gasteiger partial charge in [-0.05, 0) is 51.2 Å². The molecule has 1 atom stereocenters. The molecule has 0 spiro atoms. The first-order chi connectivity index (χ1) is 13.4. The Morgan fingerprint density at radius 3 is 2.64 bits per heavy atom. The highest BCUT2D eigenvalue weighted by atomic mass is 32.2. The average Bonchev–Trinajstić information content (AvgIpc) is 2.67. The number of carbonyl (C=O) groups excluding carboxylic acids is 1. The third-order valence-corrected chi connectivity index (χ3v) is 6.24. The maximum atomic E-state index is 12.6. The summed E-state index contributed by atoms with van der Waals surface area (Å²) in [6, 6.07) is 4.03. The van der Waals surface area contributed by atoms with Crippen LogP contribution in [0.1, 0.15) is 39.0 Å². The number of carbonyl (C=O) groups is 1. The number of benzene rings is 1. The topological polar surface area (TPSA) is 84.9 Å². The van der Waals surface area contributed by atoms with Crippen molar-refractivity contribution >= 4 is 21.6 Å². The molecule has 1 N–H and O–H groups in total. The van der Waals surface area contributed by atoms with Crippen LogP contribution in [0, 0.1) is 0 Å². The van der Waals surface area contributed by atoms with Gasteiger partial charge in [0.15, 0.2) is 11.5 Å². The van der Waals surface area contributed by atoms with E-state index >= 15 is 0 Å². The zero-order chi connectivity index (χ0) is 20.1. The summed E-state index contributed by atoms with van der Waals surface area (Å²) in [6.07, 6.45) is 8.76. The molecule has 1 aliphatic heterocycles. The second-order valence-corrected chi connectivity index (χ2v) is 9.07. The van der Waals surface area contributed by atoms with Crippen LogP contribution in [0.5, 0.6) is 11.5 Å². The summed E-state index contributed by atoms with van der Waals surface area (Å²) in [5.41, 5.74) is 1.75. The van der Waals surface area contributed by atoms with Gasteiger partial charge in [-0.3, -0.25) is 9.10 Å². The molecule has 0 bridgehead atoms. The molecule has 0 radical (unpaired) electrons. The molecule has 0 unspecified atom stereocenters. The molecule has 0 fully saturated rings. The summed E-state index contributed by atoms with van der Waals surface area (Å²) in [5, 5.41) is 2.87. The molecule has 8 heteroatoms. The Kier molecular flexibility index (Phi) is 6.49. The van der Waals surface area contributed by atoms with Crippen LogP contribution in [0.2, 0.25) is 0 Å². The SMILES string of the molecule is C[C@@H](C(=O)NCCC1=CCCCC1)N(c1ccc2c(c1)OCCO2)S(C)(=O)=O. The van der Waals surface area contributed by atoms with Crippen molar-refractivity contribution < 1.29 is 22.7 Å². The van der Waals surface area contributed by atoms with Gasteiger partial charge in [-0.1, -0.05) is 11.6 Å². The summed E-state index contributed by atoms with van der Waals surface area (Å²) >= 11 is 0. The van der Waals surface area contributed by atoms with Gasteiger partial charge < -0.3 is 14.8 Å². The van der Waals surface area contributed by atoms with Crippen molar-refractivity contribution in [1.29, 1.82) is 0 Å². The maximum Gasteiger partial charge on any atom is 0.243 e. The second kappa shape index (κ2) is 8.86. The van der Waals surface area contributed by atoms with E-state index in [1.165, 1.54) is 18.4 Å². The van der Waals surface area contributed by atoms with Crippen LogP contribution in [-0.2, 0) is 14.8 Å². The van der Waals surface area contributed by atoms with Crippen molar-refractivity contribution in [3.63, 3.8) is 0 Å². The van der Waals surface area contributed by atoms with Gasteiger partial charge in [0.25, 0.3) is 0 Å². The lowest BCUT2D eigenvalue weighted by molar-refractivity contribution is -0.121. The van der Waals surface area contributed by atoms with Gasteiger partial charge in [0, 0.05) is 12.6 Å². The number of fused-ring (bicyclic) bond motifs is 1. The van der Waals surface area contributed by atoms with Crippen LogP contribution in [0.25, 0.3) is 0 Å². The average molecular weight is 409 g/mol. The molecule has 0 saturated heterocycles. The van der Waals surface area contributed by atoms with Crippen molar-refractivity contribution in [1.82, 2.24) is 5.32 Å². The van der Waals surface area contributed by atoms with Gasteiger partial charge in [0.05, 0.1) is 11.9 Å². The first-order valence-corrected chi connectivity index (χ1v) is 11.6. The number of nitrogens with zero attached hydrogens (tertiary/aromatic N) is 1. The van der Waals surface area contributed by atoms with Crippen LogP contribution in [0.3, 0.4) is 0 Å². The number of nitrogens with one attached hydrogen (secondary N) is 1. The van der Waals surface area contributed by atoms with Gasteiger partial charge >= 0.3 is 0 Å². The van der Waals surface area contributed by atoms with Gasteiger partial charge in [-0.25, -0.2) is 8.42 Å². The Bertz CT molecular complexity index is 850. The number of hydrogen-bond acceptors (Lipinski definition) is 5. The summed E-state index contributed by atoms with van der Waals surface area (Å²) < 4.78 is 37.0. The van der Waals surface area contributed by atoms with Crippen LogP contribution in [-0.4, -0.2) is 46.4 Å². The third-order valence-electron chi connectivity index (χ3n) is 5.00. The quantitative estimate of drug-likeness (QED) is 0.701. The Morgan fingerprint density at radius 2 is 1.96 bits per heavy atom. The smallest absolute Gasteiger partial charge is 0.243 e. The highest BCUT2D eigenvalue weighted by molar-refractivity contribution is 7.92. The Morgan fingerprint density at radius 1 is 1.21 bits per heavy atom. The molecule has 0 aromatic heterocycles. The zero-order valence-corrected chi connectivity index (χ0v) is 17.3. The van der Waals surface area contributed by atoms with E-state index in [0.29, 0.717) is 36.9 Å². The van der Waals surface area contributed by atoms with Crippen molar-refractivity contribution in [3.8, 4) is 11.5 Å². The summed E-state index contributed by atoms with van der Waals surface area (Å²) in [7, 11) is -3.67. The van der Waals surface area contributed by atoms with E-state index in [2.05, 4.69) is 11.4 Å². The Hall–Kier alpha value is -2.22. The van der Waals surface area contributed by atoms with Crippen LogP contribution in [0.15, 0.2) is 29.8 Å². The molecule has 1 aromatic rings. The fourth-order valence-electron chi connectivity index (χ4n) is 3.60. The van der Waals surface area contributed by atoms with Crippen LogP contribution >= 0.6 is 0 Å². The van der Waals surface area contributed by atoms with Gasteiger partial charge in [0.1, 0.15) is 19.3 Å². The van der Waals surface area contributed by atoms with Gasteiger partial charge in [0.2, 0.25) is 15.9 Å². The lowest BCUT2D eigenvalue weighted by Gasteiger charge is -2.29. The molecule has 7 nitrogen and oxygen atoms in total. The van der Waals surface area contributed by atoms with Crippen molar-refractivity contribution in [3.05, 3.63) is 29.8 Å². The summed E-state index contributed by atoms with van der Waals surface area (Å²) in [6.45, 7) is 2.96. The van der Waals surface area contributed by atoms with E-state index in [1.807, 2.05) is 0 Å². The van der Waals surface area contributed by atoms with Gasteiger partial charge in [-0.15, -0.1) is 0 Å². The third kappa shape index (κ3) is 4.98. The Balaban J connectivity index is 1.70. The number of hydrogen-bond donors (Lipinski definition) is 1. The number of amides is 1. The molecule has 1 aliphatic carbocycles. The maximum absolute atomic E-state index is 12.6. The highest BCUT2D eigenvalue weighted by Crippen LogP contribution is 2.35. The predicted octanol–water partition coefficient (Wildman–Crippen LogP) is 2.62. The van der Waals surface area contributed by atoms with E-state index in [9.17, 15) is 13.2 Å². The van der Waals surface area contributed by atoms with E-state index in [0.717, 1.165) is 29.8 Å². The fourth-order valence-corrected chi connectivity index (χ4v) is 4.77. The minimum atomic E-state index is -3.67. The lowest BCUT2D eigenvalue weighted by Crippen LogP contribution is -2.48. The van der Waals surface area contributed by atoms with Crippen molar-refractivity contribution in [2.75, 3.05) is 30.3 Å². The van der Waals surface area contributed by atoms with E-state index < -0.39 is 16.1 Å². The predicted molar refractivity (Wildman–Crippen MR) is 108 cm³/mol. The largest absolute Gasteiger partial charge is 0.486 e. The minimum Gasteiger partial charge on any atom is -0.486 e. The first-order valence-electron chi connectivity index (χ1n) is 9.71. The van der Waals surface area contributed by atoms with Crippen molar-refractivity contribution in [2.45, 2.75) is 45.1 Å². The number of rotatable bonds is 7. The molecule has 28 heavy (non-hydrogen) atoms. The molecular formula is C20H28N2O5S. The monoisotopic (exact) mass is 408 g/mol. The minimum absolute atomic E-state index is 0.322. The zero-order valence-electron chi connectivity index (χ0n) is 16.4. The molecular weight excluding hydrogens is 380 g/mol. The normalized spacial score (nSPS) is 17.4. The summed E-state index contributed by atoms with van der Waals surface area (Å²) in [5.74, 6) is 0.729. The number of ether oxygens (including phenoxy) is 2.